The van der Waals surface area contributed by atoms with Crippen LogP contribution < -0.4 is 11.3 Å². The summed E-state index contributed by atoms with van der Waals surface area (Å²) in [6.07, 6.45) is 0. The Bertz CT molecular complexity index is 522. The Morgan fingerprint density at radius 2 is 1.94 bits per heavy atom. The normalized spacial score (nSPS) is 11.1. The zero-order chi connectivity index (χ0) is 12.1. The molecule has 0 bridgehead atoms. The Morgan fingerprint density at radius 1 is 1.38 bits per heavy atom. The molecule has 0 saturated heterocycles. The molecule has 1 rings (SSSR count). The highest BCUT2D eigenvalue weighted by atomic mass is 32.2. The molecule has 0 aliphatic carbocycles. The monoisotopic (exact) mass is 242 g/mol. The van der Waals surface area contributed by atoms with Gasteiger partial charge in [-0.15, -0.1) is 0 Å². The van der Waals surface area contributed by atoms with Crippen LogP contribution >= 0.6 is 0 Å². The Morgan fingerprint density at radius 3 is 2.38 bits per heavy atom. The molecule has 0 atom stereocenters. The van der Waals surface area contributed by atoms with Crippen LogP contribution in [-0.4, -0.2) is 24.3 Å². The summed E-state index contributed by atoms with van der Waals surface area (Å²) in [7, 11) is -2.63. The molecule has 0 amide bonds. The number of hydrogen-bond donors (Lipinski definition) is 2. The molecule has 1 aromatic rings. The van der Waals surface area contributed by atoms with Gasteiger partial charge in [0, 0.05) is 11.4 Å². The topological polar surface area (TPSA) is 123 Å². The number of nitrogens with zero attached hydrogens (tertiary/aromatic N) is 4. The average molecular weight is 242 g/mol. The Labute approximate surface area is 93.3 Å². The van der Waals surface area contributed by atoms with Crippen molar-refractivity contribution in [1.82, 2.24) is 15.4 Å². The van der Waals surface area contributed by atoms with Crippen LogP contribution in [0.5, 0.6) is 0 Å². The second-order valence-electron chi connectivity index (χ2n) is 2.84. The molecule has 9 heteroatoms. The molecule has 3 N–H and O–H groups in total. The smallest absolute Gasteiger partial charge is 0.291 e. The van der Waals surface area contributed by atoms with Gasteiger partial charge in [-0.05, 0) is 19.9 Å². The molecular formula is C7H10N6O2S. The Kier molecular flexibility index (Phi) is 4.03. The molecule has 0 saturated carbocycles. The van der Waals surface area contributed by atoms with Crippen LogP contribution in [-0.2, 0) is 10.5 Å². The Hall–Kier alpha value is -1.87. The van der Waals surface area contributed by atoms with Crippen molar-refractivity contribution < 1.29 is 8.42 Å². The van der Waals surface area contributed by atoms with Crippen molar-refractivity contribution in [2.45, 2.75) is 13.8 Å². The SMILES string of the molecule is Cc1cc(C)nc(N=C(N=S(=O)=O)NN)n1. The molecule has 86 valence electrons. The predicted octanol–water partition coefficient (Wildman–Crippen LogP) is -0.393. The number of aliphatic imine (C=N–C) groups is 1. The minimum absolute atomic E-state index is 0.0969. The second-order valence-corrected chi connectivity index (χ2v) is 3.46. The van der Waals surface area contributed by atoms with E-state index in [1.165, 1.54) is 0 Å². The molecule has 1 aromatic heterocycles. The van der Waals surface area contributed by atoms with Crippen molar-refractivity contribution in [3.63, 3.8) is 0 Å². The summed E-state index contributed by atoms with van der Waals surface area (Å²) in [5.74, 6) is 4.86. The van der Waals surface area contributed by atoms with E-state index >= 15 is 0 Å². The lowest BCUT2D eigenvalue weighted by Gasteiger charge is -1.99. The Balaban J connectivity index is 3.18. The van der Waals surface area contributed by atoms with Gasteiger partial charge < -0.3 is 0 Å². The molecule has 1 heterocycles. The maximum atomic E-state index is 10.3. The molecule has 0 aliphatic heterocycles. The lowest BCUT2D eigenvalue weighted by molar-refractivity contribution is 0.622. The minimum Gasteiger partial charge on any atom is -0.291 e. The van der Waals surface area contributed by atoms with E-state index in [0.717, 1.165) is 0 Å². The van der Waals surface area contributed by atoms with E-state index in [9.17, 15) is 8.42 Å². The van der Waals surface area contributed by atoms with E-state index in [4.69, 9.17) is 5.84 Å². The van der Waals surface area contributed by atoms with Crippen LogP contribution in [0, 0.1) is 13.8 Å². The van der Waals surface area contributed by atoms with Crippen molar-refractivity contribution in [2.75, 3.05) is 0 Å². The number of guanidine groups is 1. The van der Waals surface area contributed by atoms with E-state index in [1.54, 1.807) is 19.9 Å². The van der Waals surface area contributed by atoms with Crippen molar-refractivity contribution in [3.8, 4) is 0 Å². The minimum atomic E-state index is -2.63. The quantitative estimate of drug-likeness (QED) is 0.299. The first-order valence-electron chi connectivity index (χ1n) is 4.20. The number of nitrogens with one attached hydrogen (secondary N) is 1. The summed E-state index contributed by atoms with van der Waals surface area (Å²) in [6, 6.07) is 1.76. The first-order chi connectivity index (χ1) is 7.51. The standard InChI is InChI=1S/C7H10N6O2S/c1-4-3-5(2)10-6(9-4)11-7(12-8)13-16(14)15/h3H,8H2,1-2H3,(H,9,10,11,12). The molecular weight excluding hydrogens is 232 g/mol. The van der Waals surface area contributed by atoms with Gasteiger partial charge in [0.25, 0.3) is 11.9 Å². The van der Waals surface area contributed by atoms with Crippen LogP contribution in [0.4, 0.5) is 5.95 Å². The van der Waals surface area contributed by atoms with Crippen LogP contribution in [0.2, 0.25) is 0 Å². The summed E-state index contributed by atoms with van der Waals surface area (Å²) >= 11 is 0. The van der Waals surface area contributed by atoms with Gasteiger partial charge in [-0.2, -0.15) is 13.4 Å². The summed E-state index contributed by atoms with van der Waals surface area (Å²) in [4.78, 5) is 11.7. The third-order valence-electron chi connectivity index (χ3n) is 1.47. The van der Waals surface area contributed by atoms with E-state index in [1.807, 2.05) is 5.43 Å². The molecule has 16 heavy (non-hydrogen) atoms. The van der Waals surface area contributed by atoms with E-state index < -0.39 is 10.5 Å². The van der Waals surface area contributed by atoms with E-state index in [2.05, 4.69) is 19.3 Å². The maximum Gasteiger partial charge on any atom is 0.319 e. The third kappa shape index (κ3) is 3.71. The number of rotatable bonds is 1. The number of aromatic nitrogens is 2. The van der Waals surface area contributed by atoms with Crippen LogP contribution in [0.3, 0.4) is 0 Å². The van der Waals surface area contributed by atoms with Gasteiger partial charge in [0.05, 0.1) is 0 Å². The lowest BCUT2D eigenvalue weighted by Crippen LogP contribution is -2.28. The number of aryl methyl sites for hydroxylation is 2. The highest BCUT2D eigenvalue weighted by molar-refractivity contribution is 7.62. The van der Waals surface area contributed by atoms with E-state index in [0.29, 0.717) is 11.4 Å². The summed E-state index contributed by atoms with van der Waals surface area (Å²) < 4.78 is 23.7. The molecule has 0 aromatic carbocycles. The highest BCUT2D eigenvalue weighted by Gasteiger charge is 2.00. The van der Waals surface area contributed by atoms with Crippen molar-refractivity contribution in [2.24, 2.45) is 15.2 Å². The largest absolute Gasteiger partial charge is 0.319 e. The highest BCUT2D eigenvalue weighted by Crippen LogP contribution is 2.06. The fraction of sp³-hybridized carbons (Fsp3) is 0.286. The number of hydrazine groups is 1. The van der Waals surface area contributed by atoms with Gasteiger partial charge in [0.1, 0.15) is 0 Å². The molecule has 0 fully saturated rings. The first-order valence-corrected chi connectivity index (χ1v) is 5.23. The van der Waals surface area contributed by atoms with Crippen molar-refractivity contribution >= 4 is 22.4 Å². The van der Waals surface area contributed by atoms with Gasteiger partial charge in [0.2, 0.25) is 0 Å². The molecule has 0 aliphatic rings. The average Bonchev–Trinajstić information content (AvgIpc) is 2.14. The molecule has 0 unspecified atom stereocenters. The summed E-state index contributed by atoms with van der Waals surface area (Å²) in [5.41, 5.74) is 3.46. The number of nitrogens with two attached hydrogens (primary N) is 1. The van der Waals surface area contributed by atoms with Crippen LogP contribution in [0.1, 0.15) is 11.4 Å². The van der Waals surface area contributed by atoms with Gasteiger partial charge in [0.15, 0.2) is 0 Å². The van der Waals surface area contributed by atoms with Crippen LogP contribution in [0.25, 0.3) is 0 Å². The predicted molar refractivity (Wildman–Crippen MR) is 57.3 cm³/mol. The molecule has 0 spiro atoms. The van der Waals surface area contributed by atoms with Gasteiger partial charge in [-0.3, -0.25) is 5.43 Å². The zero-order valence-electron chi connectivity index (χ0n) is 8.67. The first kappa shape index (κ1) is 12.2. The van der Waals surface area contributed by atoms with Gasteiger partial charge in [-0.25, -0.2) is 15.8 Å². The van der Waals surface area contributed by atoms with Crippen molar-refractivity contribution in [1.29, 1.82) is 0 Å². The zero-order valence-corrected chi connectivity index (χ0v) is 9.48. The molecule has 8 nitrogen and oxygen atoms in total. The lowest BCUT2D eigenvalue weighted by atomic mass is 10.4. The van der Waals surface area contributed by atoms with E-state index in [-0.39, 0.29) is 11.9 Å². The third-order valence-corrected chi connectivity index (χ3v) is 1.79. The molecule has 0 radical (unpaired) electrons. The second kappa shape index (κ2) is 5.28. The maximum absolute atomic E-state index is 10.3. The number of hydrogen-bond acceptors (Lipinski definition) is 6. The van der Waals surface area contributed by atoms with Crippen LogP contribution in [0.15, 0.2) is 15.4 Å². The fourth-order valence-corrected chi connectivity index (χ4v) is 1.24. The summed E-state index contributed by atoms with van der Waals surface area (Å²) in [5, 5.41) is 0. The van der Waals surface area contributed by atoms with Crippen molar-refractivity contribution in [3.05, 3.63) is 17.5 Å². The fourth-order valence-electron chi connectivity index (χ4n) is 1.00. The summed E-state index contributed by atoms with van der Waals surface area (Å²) in [6.45, 7) is 3.54. The van der Waals surface area contributed by atoms with Gasteiger partial charge in [-0.1, -0.05) is 4.36 Å². The van der Waals surface area contributed by atoms with Gasteiger partial charge >= 0.3 is 10.5 Å².